The van der Waals surface area contributed by atoms with Crippen molar-refractivity contribution < 1.29 is 34.2 Å². The number of carboxylic acids is 2. The van der Waals surface area contributed by atoms with Crippen molar-refractivity contribution in [2.45, 2.75) is 77.0 Å². The molecule has 0 aromatic rings. The lowest BCUT2D eigenvalue weighted by Gasteiger charge is -2.28. The molecular weight excluding hydrogens is 396 g/mol. The Kier molecular flexibility index (Phi) is 9.70. The van der Waals surface area contributed by atoms with E-state index in [9.17, 15) is 29.1 Å². The zero-order chi connectivity index (χ0) is 23.0. The molecule has 1 fully saturated rings. The molecule has 5 atom stereocenters. The van der Waals surface area contributed by atoms with E-state index in [1.807, 2.05) is 0 Å². The van der Waals surface area contributed by atoms with Gasteiger partial charge in [-0.1, -0.05) is 20.3 Å². The van der Waals surface area contributed by atoms with Crippen LogP contribution in [0.3, 0.4) is 0 Å². The molecule has 1 aliphatic rings. The molecule has 1 heterocycles. The summed E-state index contributed by atoms with van der Waals surface area (Å²) in [6, 6.07) is -4.01. The highest BCUT2D eigenvalue weighted by atomic mass is 16.4. The zero-order valence-corrected chi connectivity index (χ0v) is 17.6. The Morgan fingerprint density at radius 1 is 1.13 bits per heavy atom. The quantitative estimate of drug-likeness (QED) is 0.286. The van der Waals surface area contributed by atoms with Crippen molar-refractivity contribution in [3.8, 4) is 0 Å². The predicted molar refractivity (Wildman–Crippen MR) is 106 cm³/mol. The van der Waals surface area contributed by atoms with Crippen LogP contribution in [0.4, 0.5) is 0 Å². The van der Waals surface area contributed by atoms with Gasteiger partial charge >= 0.3 is 11.9 Å². The molecule has 1 saturated heterocycles. The highest BCUT2D eigenvalue weighted by Crippen LogP contribution is 2.19. The number of hydrogen-bond donors (Lipinski definition) is 5. The van der Waals surface area contributed by atoms with Gasteiger partial charge in [0.1, 0.15) is 18.1 Å². The second kappa shape index (κ2) is 11.5. The van der Waals surface area contributed by atoms with E-state index in [0.29, 0.717) is 25.8 Å². The van der Waals surface area contributed by atoms with Gasteiger partial charge in [0, 0.05) is 13.0 Å². The van der Waals surface area contributed by atoms with Crippen LogP contribution in [0.5, 0.6) is 0 Å². The fourth-order valence-corrected chi connectivity index (χ4v) is 3.31. The summed E-state index contributed by atoms with van der Waals surface area (Å²) in [5.41, 5.74) is 5.63. The van der Waals surface area contributed by atoms with Crippen molar-refractivity contribution in [1.82, 2.24) is 15.5 Å². The fraction of sp³-hybridized carbons (Fsp3) is 0.737. The molecule has 30 heavy (non-hydrogen) atoms. The number of rotatable bonds is 11. The maximum absolute atomic E-state index is 12.8. The first kappa shape index (κ1) is 25.3. The van der Waals surface area contributed by atoms with Crippen LogP contribution in [0.15, 0.2) is 0 Å². The highest BCUT2D eigenvalue weighted by Gasteiger charge is 2.37. The van der Waals surface area contributed by atoms with Gasteiger partial charge in [-0.2, -0.15) is 0 Å². The number of aliphatic carboxylic acids is 2. The number of hydrogen-bond acceptors (Lipinski definition) is 6. The number of carbonyl (C=O) groups is 5. The van der Waals surface area contributed by atoms with E-state index in [-0.39, 0.29) is 18.2 Å². The molecule has 0 aromatic carbocycles. The van der Waals surface area contributed by atoms with E-state index in [2.05, 4.69) is 10.6 Å². The molecule has 5 unspecified atom stereocenters. The number of amides is 3. The van der Waals surface area contributed by atoms with E-state index in [1.54, 1.807) is 13.8 Å². The van der Waals surface area contributed by atoms with E-state index in [1.165, 1.54) is 11.8 Å². The first-order valence-corrected chi connectivity index (χ1v) is 10.1. The number of nitrogens with two attached hydrogens (primary N) is 1. The molecular formula is C19H32N4O7. The lowest BCUT2D eigenvalue weighted by molar-refractivity contribution is -0.144. The van der Waals surface area contributed by atoms with Gasteiger partial charge in [-0.15, -0.1) is 0 Å². The zero-order valence-electron chi connectivity index (χ0n) is 17.6. The summed E-state index contributed by atoms with van der Waals surface area (Å²) in [5, 5.41) is 23.2. The van der Waals surface area contributed by atoms with Crippen LogP contribution in [0.25, 0.3) is 0 Å². The smallest absolute Gasteiger partial charge is 0.326 e. The molecule has 1 rings (SSSR count). The van der Waals surface area contributed by atoms with Gasteiger partial charge in [-0.05, 0) is 32.1 Å². The SMILES string of the molecule is CCC(C)C(NC(=O)C(CCC(=O)O)NC(=O)C1CCCN1C(=O)C(C)N)C(=O)O. The van der Waals surface area contributed by atoms with Crippen LogP contribution >= 0.6 is 0 Å². The standard InChI is InChI=1S/C19H32N4O7/c1-4-10(2)15(19(29)30)22-16(26)12(7-8-14(24)25)21-17(27)13-6-5-9-23(13)18(28)11(3)20/h10-13,15H,4-9,20H2,1-3H3,(H,21,27)(H,22,26)(H,24,25)(H,29,30). The third-order valence-electron chi connectivity index (χ3n) is 5.28. The first-order valence-electron chi connectivity index (χ1n) is 10.1. The molecule has 3 amide bonds. The molecule has 170 valence electrons. The van der Waals surface area contributed by atoms with Gasteiger partial charge < -0.3 is 31.5 Å². The van der Waals surface area contributed by atoms with Gasteiger partial charge in [-0.3, -0.25) is 19.2 Å². The van der Waals surface area contributed by atoms with Crippen molar-refractivity contribution >= 4 is 29.7 Å². The van der Waals surface area contributed by atoms with E-state index in [0.717, 1.165) is 0 Å². The second-order valence-electron chi connectivity index (χ2n) is 7.68. The van der Waals surface area contributed by atoms with E-state index >= 15 is 0 Å². The molecule has 0 aromatic heterocycles. The first-order chi connectivity index (χ1) is 14.0. The average Bonchev–Trinajstić information content (AvgIpc) is 3.16. The largest absolute Gasteiger partial charge is 0.481 e. The third-order valence-corrected chi connectivity index (χ3v) is 5.28. The Labute approximate surface area is 175 Å². The average molecular weight is 428 g/mol. The third kappa shape index (κ3) is 6.97. The molecule has 1 aliphatic heterocycles. The van der Waals surface area contributed by atoms with Crippen molar-refractivity contribution in [3.05, 3.63) is 0 Å². The fourth-order valence-electron chi connectivity index (χ4n) is 3.31. The maximum Gasteiger partial charge on any atom is 0.326 e. The van der Waals surface area contributed by atoms with E-state index < -0.39 is 54.3 Å². The Bertz CT molecular complexity index is 667. The summed E-state index contributed by atoms with van der Waals surface area (Å²) in [7, 11) is 0. The van der Waals surface area contributed by atoms with Crippen molar-refractivity contribution in [2.24, 2.45) is 11.7 Å². The summed E-state index contributed by atoms with van der Waals surface area (Å²) < 4.78 is 0. The monoisotopic (exact) mass is 428 g/mol. The number of nitrogens with zero attached hydrogens (tertiary/aromatic N) is 1. The molecule has 0 bridgehead atoms. The highest BCUT2D eigenvalue weighted by molar-refractivity contribution is 5.94. The van der Waals surface area contributed by atoms with Crippen molar-refractivity contribution in [1.29, 1.82) is 0 Å². The minimum Gasteiger partial charge on any atom is -0.481 e. The van der Waals surface area contributed by atoms with Crippen molar-refractivity contribution in [2.75, 3.05) is 6.54 Å². The maximum atomic E-state index is 12.8. The molecule has 0 radical (unpaired) electrons. The summed E-state index contributed by atoms with van der Waals surface area (Å²) in [6.07, 6.45) is 0.875. The molecule has 0 saturated carbocycles. The van der Waals surface area contributed by atoms with Gasteiger partial charge in [0.25, 0.3) is 0 Å². The molecule has 0 spiro atoms. The normalized spacial score (nSPS) is 20.0. The number of nitrogens with one attached hydrogen (secondary N) is 2. The van der Waals surface area contributed by atoms with Gasteiger partial charge in [0.2, 0.25) is 17.7 Å². The van der Waals surface area contributed by atoms with Gasteiger partial charge in [-0.25, -0.2) is 4.79 Å². The number of likely N-dealkylation sites (tertiary alicyclic amines) is 1. The topological polar surface area (TPSA) is 179 Å². The lowest BCUT2D eigenvalue weighted by atomic mass is 9.98. The Morgan fingerprint density at radius 3 is 2.27 bits per heavy atom. The summed E-state index contributed by atoms with van der Waals surface area (Å²) in [6.45, 7) is 5.32. The second-order valence-corrected chi connectivity index (χ2v) is 7.68. The Balaban J connectivity index is 2.95. The number of carboxylic acid groups (broad SMARTS) is 2. The molecule has 11 heteroatoms. The summed E-state index contributed by atoms with van der Waals surface area (Å²) >= 11 is 0. The van der Waals surface area contributed by atoms with Crippen LogP contribution < -0.4 is 16.4 Å². The minimum absolute atomic E-state index is 0.215. The van der Waals surface area contributed by atoms with Gasteiger partial charge in [0.05, 0.1) is 6.04 Å². The lowest BCUT2D eigenvalue weighted by Crippen LogP contribution is -2.57. The number of carbonyl (C=O) groups excluding carboxylic acids is 3. The molecule has 11 nitrogen and oxygen atoms in total. The van der Waals surface area contributed by atoms with Crippen LogP contribution in [-0.2, 0) is 24.0 Å². The van der Waals surface area contributed by atoms with Crippen LogP contribution in [0.2, 0.25) is 0 Å². The summed E-state index contributed by atoms with van der Waals surface area (Å²) in [4.78, 5) is 61.5. The van der Waals surface area contributed by atoms with Gasteiger partial charge in [0.15, 0.2) is 0 Å². The predicted octanol–water partition coefficient (Wildman–Crippen LogP) is -0.710. The van der Waals surface area contributed by atoms with Crippen LogP contribution in [0, 0.1) is 5.92 Å². The van der Waals surface area contributed by atoms with E-state index in [4.69, 9.17) is 10.8 Å². The van der Waals surface area contributed by atoms with Crippen LogP contribution in [0.1, 0.15) is 52.9 Å². The van der Waals surface area contributed by atoms with Crippen molar-refractivity contribution in [3.63, 3.8) is 0 Å². The van der Waals surface area contributed by atoms with Crippen LogP contribution in [-0.4, -0.2) is 75.5 Å². The minimum atomic E-state index is -1.24. The summed E-state index contributed by atoms with van der Waals surface area (Å²) in [5.74, 6) is -4.50. The Hall–Kier alpha value is -2.69. The Morgan fingerprint density at radius 2 is 1.77 bits per heavy atom. The molecule has 6 N–H and O–H groups in total. The molecule has 0 aliphatic carbocycles.